The fraction of sp³-hybridized carbons (Fsp3) is 0.333. The standard InChI is InChI=1S/C15H18N2O3S/c1-10(2)20-12-5-3-11(4-6-12)9-13-14(18)17(8-7-16)15(19)21-13/h3-6,9-10H,7-8,16H2,1-2H3/b13-9-. The highest BCUT2D eigenvalue weighted by molar-refractivity contribution is 8.18. The SMILES string of the molecule is CC(C)Oc1ccc(/C=C2\SC(=O)N(CCN)C2=O)cc1. The highest BCUT2D eigenvalue weighted by Crippen LogP contribution is 2.32. The summed E-state index contributed by atoms with van der Waals surface area (Å²) in [6.07, 6.45) is 1.82. The second-order valence-corrected chi connectivity index (χ2v) is 5.85. The van der Waals surface area contributed by atoms with E-state index in [4.69, 9.17) is 10.5 Å². The lowest BCUT2D eigenvalue weighted by molar-refractivity contribution is -0.122. The minimum atomic E-state index is -0.280. The number of ether oxygens (including phenoxy) is 1. The molecule has 0 atom stereocenters. The number of nitrogens with zero attached hydrogens (tertiary/aromatic N) is 1. The van der Waals surface area contributed by atoms with Gasteiger partial charge in [0.25, 0.3) is 11.1 Å². The van der Waals surface area contributed by atoms with Gasteiger partial charge >= 0.3 is 0 Å². The van der Waals surface area contributed by atoms with Crippen LogP contribution in [0.4, 0.5) is 4.79 Å². The van der Waals surface area contributed by atoms with E-state index in [1.54, 1.807) is 6.08 Å². The van der Waals surface area contributed by atoms with Crippen molar-refractivity contribution in [1.82, 2.24) is 4.90 Å². The summed E-state index contributed by atoms with van der Waals surface area (Å²) >= 11 is 0.943. The molecule has 2 rings (SSSR count). The summed E-state index contributed by atoms with van der Waals surface area (Å²) in [7, 11) is 0. The van der Waals surface area contributed by atoms with E-state index in [0.29, 0.717) is 4.91 Å². The van der Waals surface area contributed by atoms with E-state index in [2.05, 4.69) is 0 Å². The summed E-state index contributed by atoms with van der Waals surface area (Å²) in [5.41, 5.74) is 6.25. The van der Waals surface area contributed by atoms with Crippen LogP contribution >= 0.6 is 11.8 Å². The van der Waals surface area contributed by atoms with Gasteiger partial charge in [0.2, 0.25) is 0 Å². The fourth-order valence-electron chi connectivity index (χ4n) is 1.89. The zero-order chi connectivity index (χ0) is 15.4. The van der Waals surface area contributed by atoms with Gasteiger partial charge in [-0.25, -0.2) is 0 Å². The summed E-state index contributed by atoms with van der Waals surface area (Å²) < 4.78 is 5.56. The van der Waals surface area contributed by atoms with Crippen LogP contribution in [-0.2, 0) is 4.79 Å². The molecule has 21 heavy (non-hydrogen) atoms. The zero-order valence-electron chi connectivity index (χ0n) is 12.0. The molecule has 2 amide bonds. The Labute approximate surface area is 128 Å². The van der Waals surface area contributed by atoms with Crippen molar-refractivity contribution >= 4 is 29.0 Å². The number of carbonyl (C=O) groups is 2. The maximum atomic E-state index is 12.1. The van der Waals surface area contributed by atoms with Crippen molar-refractivity contribution in [2.75, 3.05) is 13.1 Å². The van der Waals surface area contributed by atoms with Crippen LogP contribution in [-0.4, -0.2) is 35.2 Å². The largest absolute Gasteiger partial charge is 0.491 e. The monoisotopic (exact) mass is 306 g/mol. The molecule has 1 heterocycles. The third-order valence-corrected chi connectivity index (χ3v) is 3.68. The Balaban J connectivity index is 2.13. The van der Waals surface area contributed by atoms with Crippen molar-refractivity contribution in [3.05, 3.63) is 34.7 Å². The third-order valence-electron chi connectivity index (χ3n) is 2.78. The second kappa shape index (κ2) is 6.78. The Hall–Kier alpha value is -1.79. The number of thioether (sulfide) groups is 1. The van der Waals surface area contributed by atoms with Gasteiger partial charge in [0, 0.05) is 13.1 Å². The molecule has 0 radical (unpaired) electrons. The maximum absolute atomic E-state index is 12.1. The average Bonchev–Trinajstić information content (AvgIpc) is 2.69. The summed E-state index contributed by atoms with van der Waals surface area (Å²) in [6, 6.07) is 7.40. The van der Waals surface area contributed by atoms with Gasteiger partial charge < -0.3 is 10.5 Å². The van der Waals surface area contributed by atoms with E-state index in [0.717, 1.165) is 23.1 Å². The number of hydrogen-bond acceptors (Lipinski definition) is 5. The molecule has 0 aliphatic carbocycles. The third kappa shape index (κ3) is 3.86. The first-order valence-corrected chi connectivity index (χ1v) is 7.55. The molecule has 1 aliphatic heterocycles. The van der Waals surface area contributed by atoms with Crippen LogP contribution in [0.1, 0.15) is 19.4 Å². The smallest absolute Gasteiger partial charge is 0.293 e. The van der Waals surface area contributed by atoms with Gasteiger partial charge in [0.1, 0.15) is 5.75 Å². The lowest BCUT2D eigenvalue weighted by Gasteiger charge is -2.10. The highest BCUT2D eigenvalue weighted by Gasteiger charge is 2.34. The number of nitrogens with two attached hydrogens (primary N) is 1. The molecule has 6 heteroatoms. The van der Waals surface area contributed by atoms with Crippen LogP contribution in [0.25, 0.3) is 6.08 Å². The van der Waals surface area contributed by atoms with Crippen molar-refractivity contribution in [2.45, 2.75) is 20.0 Å². The Bertz CT molecular complexity index is 567. The molecule has 0 spiro atoms. The minimum absolute atomic E-state index is 0.114. The molecule has 0 unspecified atom stereocenters. The van der Waals surface area contributed by atoms with E-state index in [1.165, 1.54) is 4.90 Å². The summed E-state index contributed by atoms with van der Waals surface area (Å²) in [6.45, 7) is 4.44. The molecule has 1 fully saturated rings. The predicted molar refractivity (Wildman–Crippen MR) is 83.9 cm³/mol. The maximum Gasteiger partial charge on any atom is 0.293 e. The second-order valence-electron chi connectivity index (χ2n) is 4.86. The normalized spacial score (nSPS) is 17.1. The zero-order valence-corrected chi connectivity index (χ0v) is 12.9. The molecular weight excluding hydrogens is 288 g/mol. The number of hydrogen-bond donors (Lipinski definition) is 1. The molecule has 1 aromatic carbocycles. The fourth-order valence-corrected chi connectivity index (χ4v) is 2.75. The Morgan fingerprint density at radius 1 is 1.29 bits per heavy atom. The number of imide groups is 1. The highest BCUT2D eigenvalue weighted by atomic mass is 32.2. The van der Waals surface area contributed by atoms with Crippen molar-refractivity contribution in [2.24, 2.45) is 5.73 Å². The predicted octanol–water partition coefficient (Wildman–Crippen LogP) is 2.47. The molecule has 0 saturated carbocycles. The molecule has 0 aromatic heterocycles. The van der Waals surface area contributed by atoms with Crippen LogP contribution < -0.4 is 10.5 Å². The van der Waals surface area contributed by atoms with Gasteiger partial charge in [-0.1, -0.05) is 12.1 Å². The molecule has 1 aromatic rings. The molecule has 1 saturated heterocycles. The van der Waals surface area contributed by atoms with Crippen molar-refractivity contribution in [3.63, 3.8) is 0 Å². The topological polar surface area (TPSA) is 72.6 Å². The van der Waals surface area contributed by atoms with E-state index < -0.39 is 0 Å². The van der Waals surface area contributed by atoms with Gasteiger partial charge in [-0.3, -0.25) is 14.5 Å². The first-order valence-electron chi connectivity index (χ1n) is 6.73. The van der Waals surface area contributed by atoms with Gasteiger partial charge in [-0.2, -0.15) is 0 Å². The molecule has 112 valence electrons. The number of benzene rings is 1. The van der Waals surface area contributed by atoms with Crippen molar-refractivity contribution in [1.29, 1.82) is 0 Å². The van der Waals surface area contributed by atoms with Crippen LogP contribution in [0.2, 0.25) is 0 Å². The lowest BCUT2D eigenvalue weighted by atomic mass is 10.2. The van der Waals surface area contributed by atoms with Crippen LogP contribution in [0, 0.1) is 0 Å². The molecule has 0 bridgehead atoms. The lowest BCUT2D eigenvalue weighted by Crippen LogP contribution is -2.33. The van der Waals surface area contributed by atoms with Crippen LogP contribution in [0.3, 0.4) is 0 Å². The van der Waals surface area contributed by atoms with Gasteiger partial charge in [0.15, 0.2) is 0 Å². The Morgan fingerprint density at radius 2 is 1.95 bits per heavy atom. The summed E-state index contributed by atoms with van der Waals surface area (Å²) in [5.74, 6) is 0.497. The van der Waals surface area contributed by atoms with E-state index in [9.17, 15) is 9.59 Å². The van der Waals surface area contributed by atoms with E-state index >= 15 is 0 Å². The first kappa shape index (κ1) is 15.6. The molecule has 5 nitrogen and oxygen atoms in total. The van der Waals surface area contributed by atoms with Crippen LogP contribution in [0.15, 0.2) is 29.2 Å². The van der Waals surface area contributed by atoms with Gasteiger partial charge in [0.05, 0.1) is 11.0 Å². The van der Waals surface area contributed by atoms with Crippen molar-refractivity contribution in [3.8, 4) is 5.75 Å². The minimum Gasteiger partial charge on any atom is -0.491 e. The number of amides is 2. The molecule has 2 N–H and O–H groups in total. The quantitative estimate of drug-likeness (QED) is 0.846. The number of carbonyl (C=O) groups excluding carboxylic acids is 2. The average molecular weight is 306 g/mol. The van der Waals surface area contributed by atoms with Gasteiger partial charge in [-0.15, -0.1) is 0 Å². The molecule has 1 aliphatic rings. The van der Waals surface area contributed by atoms with Crippen molar-refractivity contribution < 1.29 is 14.3 Å². The Kier molecular flexibility index (Phi) is 5.03. The Morgan fingerprint density at radius 3 is 2.52 bits per heavy atom. The first-order chi connectivity index (χ1) is 10.0. The van der Waals surface area contributed by atoms with E-state index in [1.807, 2.05) is 38.1 Å². The van der Waals surface area contributed by atoms with Gasteiger partial charge in [-0.05, 0) is 49.4 Å². The number of rotatable bonds is 5. The summed E-state index contributed by atoms with van der Waals surface area (Å²) in [4.78, 5) is 25.4. The van der Waals surface area contributed by atoms with E-state index in [-0.39, 0.29) is 30.3 Å². The van der Waals surface area contributed by atoms with Crippen LogP contribution in [0.5, 0.6) is 5.75 Å². The molecular formula is C15H18N2O3S. The summed E-state index contributed by atoms with van der Waals surface area (Å²) in [5, 5.41) is -0.267.